The van der Waals surface area contributed by atoms with Crippen LogP contribution in [0.25, 0.3) is 0 Å². The number of methoxy groups -OCH3 is 1. The second-order valence-corrected chi connectivity index (χ2v) is 7.13. The van der Waals surface area contributed by atoms with Gasteiger partial charge in [0.1, 0.15) is 30.3 Å². The minimum absolute atomic E-state index is 0.0802. The van der Waals surface area contributed by atoms with Gasteiger partial charge in [0.2, 0.25) is 0 Å². The van der Waals surface area contributed by atoms with Crippen LogP contribution in [0, 0.1) is 0 Å². The number of nitrogens with one attached hydrogen (secondary N) is 2. The highest BCUT2D eigenvalue weighted by atomic mass is 16.5. The van der Waals surface area contributed by atoms with Crippen molar-refractivity contribution in [2.75, 3.05) is 20.2 Å². The number of benzene rings is 1. The van der Waals surface area contributed by atoms with Crippen molar-refractivity contribution in [3.05, 3.63) is 69.9 Å². The molecule has 2 heterocycles. The molecule has 0 saturated carbocycles. The molecule has 3 N–H and O–H groups in total. The number of ether oxygens (including phenoxy) is 1. The molecule has 0 fully saturated rings. The molecule has 1 unspecified atom stereocenters. The molecule has 3 rings (SSSR count). The van der Waals surface area contributed by atoms with Gasteiger partial charge < -0.3 is 19.7 Å². The predicted molar refractivity (Wildman–Crippen MR) is 99.6 cm³/mol. The fourth-order valence-corrected chi connectivity index (χ4v) is 3.41. The van der Waals surface area contributed by atoms with Gasteiger partial charge in [-0.2, -0.15) is 0 Å². The van der Waals surface area contributed by atoms with Crippen molar-refractivity contribution >= 4 is 0 Å². The summed E-state index contributed by atoms with van der Waals surface area (Å²) in [5.74, 6) is 1.46. The molecule has 2 atom stereocenters. The monoisotopic (exact) mass is 356 g/mol. The Morgan fingerprint density at radius 3 is 3.04 bits per heavy atom. The summed E-state index contributed by atoms with van der Waals surface area (Å²) in [7, 11) is 1.63. The van der Waals surface area contributed by atoms with Gasteiger partial charge in [0.15, 0.2) is 0 Å². The minimum Gasteiger partial charge on any atom is -0.497 e. The van der Waals surface area contributed by atoms with Crippen molar-refractivity contribution < 1.29 is 14.7 Å². The molecule has 1 aromatic heterocycles. The SMILES string of the molecule is C=C[C@@](C)(O)C[NH+]1CCc2nc(Cc3cccc(OC)c3)[nH]c(=O)c2C1. The number of fused-ring (bicyclic) bond motifs is 1. The van der Waals surface area contributed by atoms with Crippen LogP contribution in [0.15, 0.2) is 41.7 Å². The first-order valence-corrected chi connectivity index (χ1v) is 8.83. The lowest BCUT2D eigenvalue weighted by atomic mass is 10.0. The number of nitrogens with zero attached hydrogens (tertiary/aromatic N) is 1. The topological polar surface area (TPSA) is 79.7 Å². The molecule has 26 heavy (non-hydrogen) atoms. The average Bonchev–Trinajstić information content (AvgIpc) is 2.62. The summed E-state index contributed by atoms with van der Waals surface area (Å²) < 4.78 is 5.25. The van der Waals surface area contributed by atoms with E-state index in [1.165, 1.54) is 0 Å². The third-order valence-corrected chi connectivity index (χ3v) is 4.85. The molecular formula is C20H26N3O3+. The Balaban J connectivity index is 1.79. The van der Waals surface area contributed by atoms with Crippen molar-refractivity contribution in [2.24, 2.45) is 0 Å². The smallest absolute Gasteiger partial charge is 0.260 e. The molecule has 138 valence electrons. The summed E-state index contributed by atoms with van der Waals surface area (Å²) >= 11 is 0. The van der Waals surface area contributed by atoms with Gasteiger partial charge in [0.25, 0.3) is 5.56 Å². The highest BCUT2D eigenvalue weighted by molar-refractivity contribution is 5.30. The molecular weight excluding hydrogens is 330 g/mol. The summed E-state index contributed by atoms with van der Waals surface area (Å²) in [5.41, 5.74) is 1.62. The quantitative estimate of drug-likeness (QED) is 0.648. The van der Waals surface area contributed by atoms with Gasteiger partial charge in [-0.25, -0.2) is 4.98 Å². The average molecular weight is 356 g/mol. The van der Waals surface area contributed by atoms with E-state index < -0.39 is 5.60 Å². The first-order valence-electron chi connectivity index (χ1n) is 8.83. The van der Waals surface area contributed by atoms with E-state index in [1.54, 1.807) is 20.1 Å². The fourth-order valence-electron chi connectivity index (χ4n) is 3.41. The van der Waals surface area contributed by atoms with E-state index in [-0.39, 0.29) is 5.56 Å². The molecule has 0 spiro atoms. The van der Waals surface area contributed by atoms with Gasteiger partial charge in [-0.1, -0.05) is 18.2 Å². The zero-order valence-electron chi connectivity index (χ0n) is 15.3. The number of H-pyrrole nitrogens is 1. The molecule has 6 heteroatoms. The maximum atomic E-state index is 12.6. The third kappa shape index (κ3) is 4.20. The summed E-state index contributed by atoms with van der Waals surface area (Å²) in [5, 5.41) is 10.2. The van der Waals surface area contributed by atoms with Gasteiger partial charge in [0.05, 0.1) is 24.9 Å². The van der Waals surface area contributed by atoms with Crippen molar-refractivity contribution in [3.63, 3.8) is 0 Å². The number of aromatic nitrogens is 2. The standard InChI is InChI=1S/C20H25N3O3/c1-4-20(2,25)13-23-9-8-17-16(12-23)19(24)22-18(21-17)11-14-6-5-7-15(10-14)26-3/h4-7,10,25H,1,8-9,11-13H2,2-3H3,(H,21,22,24)/p+1/t20-/m1/s1. The lowest BCUT2D eigenvalue weighted by molar-refractivity contribution is -0.921. The van der Waals surface area contributed by atoms with Crippen LogP contribution in [0.3, 0.4) is 0 Å². The van der Waals surface area contributed by atoms with E-state index >= 15 is 0 Å². The Bertz CT molecular complexity index is 858. The van der Waals surface area contributed by atoms with Crippen LogP contribution in [0.1, 0.15) is 29.6 Å². The first-order chi connectivity index (χ1) is 12.4. The van der Waals surface area contributed by atoms with Crippen LogP contribution < -0.4 is 15.2 Å². The van der Waals surface area contributed by atoms with Gasteiger partial charge in [-0.3, -0.25) is 4.79 Å². The van der Waals surface area contributed by atoms with E-state index in [0.717, 1.165) is 40.4 Å². The highest BCUT2D eigenvalue weighted by Crippen LogP contribution is 2.15. The summed E-state index contributed by atoms with van der Waals surface area (Å²) in [4.78, 5) is 21.3. The lowest BCUT2D eigenvalue weighted by Gasteiger charge is -2.29. The molecule has 0 saturated heterocycles. The zero-order valence-corrected chi connectivity index (χ0v) is 15.3. The van der Waals surface area contributed by atoms with Crippen molar-refractivity contribution in [1.82, 2.24) is 9.97 Å². The van der Waals surface area contributed by atoms with Crippen LogP contribution >= 0.6 is 0 Å². The number of hydrogen-bond donors (Lipinski definition) is 3. The van der Waals surface area contributed by atoms with Crippen LogP contribution in [0.2, 0.25) is 0 Å². The largest absolute Gasteiger partial charge is 0.497 e. The Morgan fingerprint density at radius 1 is 1.50 bits per heavy atom. The zero-order chi connectivity index (χ0) is 18.7. The van der Waals surface area contributed by atoms with Crippen LogP contribution in [0.5, 0.6) is 5.75 Å². The van der Waals surface area contributed by atoms with E-state index in [1.807, 2.05) is 24.3 Å². The van der Waals surface area contributed by atoms with Crippen LogP contribution in [0.4, 0.5) is 0 Å². The number of hydrogen-bond acceptors (Lipinski definition) is 4. The molecule has 1 aromatic carbocycles. The molecule has 0 radical (unpaired) electrons. The minimum atomic E-state index is -0.931. The predicted octanol–water partition coefficient (Wildman–Crippen LogP) is 0.247. The molecule has 1 aliphatic rings. The molecule has 0 aliphatic carbocycles. The molecule has 0 amide bonds. The number of quaternary nitrogens is 1. The summed E-state index contributed by atoms with van der Waals surface area (Å²) in [6.07, 6.45) is 2.84. The highest BCUT2D eigenvalue weighted by Gasteiger charge is 2.29. The summed E-state index contributed by atoms with van der Waals surface area (Å²) in [6, 6.07) is 7.76. The number of rotatable bonds is 6. The Labute approximate surface area is 153 Å². The Hall–Kier alpha value is -2.44. The van der Waals surface area contributed by atoms with Crippen LogP contribution in [-0.2, 0) is 19.4 Å². The summed E-state index contributed by atoms with van der Waals surface area (Å²) in [6.45, 7) is 7.35. The van der Waals surface area contributed by atoms with Crippen LogP contribution in [-0.4, -0.2) is 40.9 Å². The Morgan fingerprint density at radius 2 is 2.31 bits per heavy atom. The molecule has 2 aromatic rings. The second-order valence-electron chi connectivity index (χ2n) is 7.13. The molecule has 6 nitrogen and oxygen atoms in total. The fraction of sp³-hybridized carbons (Fsp3) is 0.400. The van der Waals surface area contributed by atoms with E-state index in [9.17, 15) is 9.90 Å². The van der Waals surface area contributed by atoms with Crippen molar-refractivity contribution in [2.45, 2.75) is 31.9 Å². The maximum Gasteiger partial charge on any atom is 0.260 e. The van der Waals surface area contributed by atoms with Gasteiger partial charge in [-0.05, 0) is 24.6 Å². The van der Waals surface area contributed by atoms with Crippen molar-refractivity contribution in [3.8, 4) is 5.75 Å². The normalized spacial score (nSPS) is 18.7. The van der Waals surface area contributed by atoms with Gasteiger partial charge >= 0.3 is 0 Å². The third-order valence-electron chi connectivity index (χ3n) is 4.85. The second kappa shape index (κ2) is 7.43. The lowest BCUT2D eigenvalue weighted by Crippen LogP contribution is -3.13. The van der Waals surface area contributed by atoms with Gasteiger partial charge in [0, 0.05) is 12.8 Å². The number of aliphatic hydroxyl groups is 1. The van der Waals surface area contributed by atoms with E-state index in [0.29, 0.717) is 25.3 Å². The molecule has 0 bridgehead atoms. The van der Waals surface area contributed by atoms with E-state index in [4.69, 9.17) is 4.74 Å². The van der Waals surface area contributed by atoms with Crippen molar-refractivity contribution in [1.29, 1.82) is 0 Å². The first kappa shape index (κ1) is 18.4. The van der Waals surface area contributed by atoms with Gasteiger partial charge in [-0.15, -0.1) is 6.58 Å². The molecule has 1 aliphatic heterocycles. The number of aromatic amines is 1. The maximum absolute atomic E-state index is 12.6. The van der Waals surface area contributed by atoms with E-state index in [2.05, 4.69) is 16.5 Å². The Kier molecular flexibility index (Phi) is 5.25.